The first-order valence-electron chi connectivity index (χ1n) is 7.20. The average molecular weight is 258 g/mol. The van der Waals surface area contributed by atoms with E-state index < -0.39 is 5.97 Å². The lowest BCUT2D eigenvalue weighted by molar-refractivity contribution is -0.131. The molecule has 1 atom stereocenters. The fourth-order valence-corrected chi connectivity index (χ4v) is 2.89. The molecule has 0 aliphatic heterocycles. The number of carbonyl (C=O) groups is 1. The van der Waals surface area contributed by atoms with Crippen molar-refractivity contribution in [1.82, 2.24) is 0 Å². The molecular weight excluding hydrogens is 236 g/mol. The Labute approximate surface area is 115 Å². The smallest absolute Gasteiger partial charge is 0.328 e. The number of rotatable bonds is 4. The summed E-state index contributed by atoms with van der Waals surface area (Å²) in [5.74, 6) is -0.388. The van der Waals surface area contributed by atoms with Crippen LogP contribution in [0.1, 0.15) is 43.7 Å². The molecular formula is C17H22O2. The van der Waals surface area contributed by atoms with Crippen LogP contribution in [0.25, 0.3) is 0 Å². The second kappa shape index (κ2) is 6.55. The molecule has 1 aromatic carbocycles. The molecule has 1 unspecified atom stereocenters. The number of aryl methyl sites for hydroxylation is 1. The van der Waals surface area contributed by atoms with E-state index in [2.05, 4.69) is 31.2 Å². The molecule has 1 saturated carbocycles. The molecule has 1 aliphatic rings. The Kier molecular flexibility index (Phi) is 4.78. The maximum atomic E-state index is 10.9. The predicted octanol–water partition coefficient (Wildman–Crippen LogP) is 3.99. The molecule has 1 N–H and O–H groups in total. The van der Waals surface area contributed by atoms with Crippen LogP contribution in [0.3, 0.4) is 0 Å². The maximum absolute atomic E-state index is 10.9. The quantitative estimate of drug-likeness (QED) is 0.829. The number of carboxylic acid groups (broad SMARTS) is 1. The van der Waals surface area contributed by atoms with Crippen molar-refractivity contribution in [2.45, 2.75) is 45.4 Å². The molecule has 2 heteroatoms. The Bertz CT molecular complexity index is 457. The number of allylic oxidation sites excluding steroid dienone is 1. The summed E-state index contributed by atoms with van der Waals surface area (Å²) in [6.07, 6.45) is 7.89. The van der Waals surface area contributed by atoms with Gasteiger partial charge in [-0.3, -0.25) is 0 Å². The minimum atomic E-state index is -0.803. The van der Waals surface area contributed by atoms with Crippen LogP contribution in [0.5, 0.6) is 0 Å². The third-order valence-electron chi connectivity index (χ3n) is 4.01. The largest absolute Gasteiger partial charge is 0.478 e. The van der Waals surface area contributed by atoms with Crippen molar-refractivity contribution in [3.8, 4) is 0 Å². The lowest BCUT2D eigenvalue weighted by atomic mass is 9.80. The highest BCUT2D eigenvalue weighted by Gasteiger charge is 2.20. The van der Waals surface area contributed by atoms with E-state index in [4.69, 9.17) is 5.11 Å². The molecule has 1 aliphatic carbocycles. The standard InChI is InChI=1S/C17H22O2/c1-2-13-7-9-14(10-8-13)11-15-5-3-4-6-16(15)12-17(18)19/h7-10,12,15H,2-6,11H2,1H3,(H,18,19)/b16-12+. The molecule has 2 rings (SSSR count). The van der Waals surface area contributed by atoms with Gasteiger partial charge in [-0.05, 0) is 49.1 Å². The summed E-state index contributed by atoms with van der Waals surface area (Å²) < 4.78 is 0. The summed E-state index contributed by atoms with van der Waals surface area (Å²) in [5, 5.41) is 8.94. The molecule has 1 fully saturated rings. The fraction of sp³-hybridized carbons (Fsp3) is 0.471. The SMILES string of the molecule is CCc1ccc(CC2CCCC/C2=C\C(=O)O)cc1. The van der Waals surface area contributed by atoms with Crippen LogP contribution < -0.4 is 0 Å². The highest BCUT2D eigenvalue weighted by Crippen LogP contribution is 2.32. The number of carboxylic acids is 1. The van der Waals surface area contributed by atoms with Gasteiger partial charge in [-0.25, -0.2) is 4.79 Å². The Morgan fingerprint density at radius 2 is 1.95 bits per heavy atom. The third kappa shape index (κ3) is 3.95. The van der Waals surface area contributed by atoms with Crippen LogP contribution in [0.4, 0.5) is 0 Å². The fourth-order valence-electron chi connectivity index (χ4n) is 2.89. The number of benzene rings is 1. The van der Waals surface area contributed by atoms with Gasteiger partial charge in [0.15, 0.2) is 0 Å². The van der Waals surface area contributed by atoms with Crippen molar-refractivity contribution in [2.24, 2.45) is 5.92 Å². The lowest BCUT2D eigenvalue weighted by Gasteiger charge is -2.25. The zero-order valence-corrected chi connectivity index (χ0v) is 11.6. The molecule has 0 radical (unpaired) electrons. The van der Waals surface area contributed by atoms with E-state index in [1.54, 1.807) is 0 Å². The van der Waals surface area contributed by atoms with Gasteiger partial charge < -0.3 is 5.11 Å². The topological polar surface area (TPSA) is 37.3 Å². The molecule has 0 saturated heterocycles. The van der Waals surface area contributed by atoms with Gasteiger partial charge in [0.05, 0.1) is 0 Å². The van der Waals surface area contributed by atoms with E-state index in [-0.39, 0.29) is 0 Å². The monoisotopic (exact) mass is 258 g/mol. The van der Waals surface area contributed by atoms with Crippen LogP contribution in [0.15, 0.2) is 35.9 Å². The number of hydrogen-bond acceptors (Lipinski definition) is 1. The highest BCUT2D eigenvalue weighted by molar-refractivity contribution is 5.80. The van der Waals surface area contributed by atoms with Crippen LogP contribution in [0.2, 0.25) is 0 Å². The second-order valence-corrected chi connectivity index (χ2v) is 5.37. The van der Waals surface area contributed by atoms with Gasteiger partial charge >= 0.3 is 5.97 Å². The first-order chi connectivity index (χ1) is 9.19. The molecule has 0 heterocycles. The summed E-state index contributed by atoms with van der Waals surface area (Å²) in [7, 11) is 0. The van der Waals surface area contributed by atoms with E-state index in [1.807, 2.05) is 0 Å². The number of hydrogen-bond donors (Lipinski definition) is 1. The Balaban J connectivity index is 2.08. The molecule has 1 aromatic rings. The Morgan fingerprint density at radius 3 is 2.58 bits per heavy atom. The van der Waals surface area contributed by atoms with Gasteiger partial charge in [0.25, 0.3) is 0 Å². The molecule has 2 nitrogen and oxygen atoms in total. The summed E-state index contributed by atoms with van der Waals surface area (Å²) in [6.45, 7) is 2.16. The van der Waals surface area contributed by atoms with E-state index in [0.717, 1.165) is 37.7 Å². The van der Waals surface area contributed by atoms with Crippen molar-refractivity contribution in [3.63, 3.8) is 0 Å². The van der Waals surface area contributed by atoms with E-state index in [9.17, 15) is 4.79 Å². The Hall–Kier alpha value is -1.57. The first kappa shape index (κ1) is 13.9. The molecule has 0 bridgehead atoms. The molecule has 102 valence electrons. The summed E-state index contributed by atoms with van der Waals surface area (Å²) in [6, 6.07) is 8.73. The summed E-state index contributed by atoms with van der Waals surface area (Å²) >= 11 is 0. The van der Waals surface area contributed by atoms with Crippen LogP contribution in [-0.4, -0.2) is 11.1 Å². The van der Waals surface area contributed by atoms with Gasteiger partial charge in [-0.1, -0.05) is 43.2 Å². The zero-order valence-electron chi connectivity index (χ0n) is 11.6. The third-order valence-corrected chi connectivity index (χ3v) is 4.01. The minimum absolute atomic E-state index is 0.414. The van der Waals surface area contributed by atoms with Crippen LogP contribution >= 0.6 is 0 Å². The van der Waals surface area contributed by atoms with Crippen LogP contribution in [-0.2, 0) is 17.6 Å². The lowest BCUT2D eigenvalue weighted by Crippen LogP contribution is -2.14. The van der Waals surface area contributed by atoms with Gasteiger partial charge in [-0.2, -0.15) is 0 Å². The van der Waals surface area contributed by atoms with Gasteiger partial charge in [-0.15, -0.1) is 0 Å². The van der Waals surface area contributed by atoms with Gasteiger partial charge in [0.2, 0.25) is 0 Å². The predicted molar refractivity (Wildman–Crippen MR) is 77.2 cm³/mol. The minimum Gasteiger partial charge on any atom is -0.478 e. The van der Waals surface area contributed by atoms with Gasteiger partial charge in [0.1, 0.15) is 0 Å². The molecule has 0 spiro atoms. The highest BCUT2D eigenvalue weighted by atomic mass is 16.4. The van der Waals surface area contributed by atoms with Crippen molar-refractivity contribution in [2.75, 3.05) is 0 Å². The van der Waals surface area contributed by atoms with Crippen molar-refractivity contribution in [1.29, 1.82) is 0 Å². The summed E-state index contributed by atoms with van der Waals surface area (Å²) in [5.41, 5.74) is 3.80. The second-order valence-electron chi connectivity index (χ2n) is 5.37. The van der Waals surface area contributed by atoms with Crippen molar-refractivity contribution >= 4 is 5.97 Å². The number of aliphatic carboxylic acids is 1. The maximum Gasteiger partial charge on any atom is 0.328 e. The van der Waals surface area contributed by atoms with Gasteiger partial charge in [0, 0.05) is 6.08 Å². The summed E-state index contributed by atoms with van der Waals surface area (Å²) in [4.78, 5) is 10.9. The van der Waals surface area contributed by atoms with E-state index in [1.165, 1.54) is 23.6 Å². The van der Waals surface area contributed by atoms with E-state index in [0.29, 0.717) is 5.92 Å². The van der Waals surface area contributed by atoms with Crippen molar-refractivity contribution in [3.05, 3.63) is 47.0 Å². The molecule has 0 amide bonds. The van der Waals surface area contributed by atoms with Crippen molar-refractivity contribution < 1.29 is 9.90 Å². The Morgan fingerprint density at radius 1 is 1.26 bits per heavy atom. The average Bonchev–Trinajstić information content (AvgIpc) is 2.41. The molecule has 19 heavy (non-hydrogen) atoms. The first-order valence-corrected chi connectivity index (χ1v) is 7.20. The van der Waals surface area contributed by atoms with E-state index >= 15 is 0 Å². The zero-order chi connectivity index (χ0) is 13.7. The molecule has 0 aromatic heterocycles. The van der Waals surface area contributed by atoms with Crippen LogP contribution in [0, 0.1) is 5.92 Å². The normalized spacial score (nSPS) is 21.5.